The van der Waals surface area contributed by atoms with Gasteiger partial charge in [0.15, 0.2) is 0 Å². The Hall–Kier alpha value is -1.97. The Morgan fingerprint density at radius 1 is 0.944 bits per heavy atom. The molecular weight excluding hydrogens is 241 g/mol. The first-order valence-electron chi connectivity index (χ1n) is 5.39. The first-order valence-corrected chi connectivity index (χ1v) is 5.39. The molecule has 0 saturated heterocycles. The van der Waals surface area contributed by atoms with Crippen LogP contribution in [0, 0.1) is 24.4 Å². The van der Waals surface area contributed by atoms with Crippen molar-refractivity contribution < 1.29 is 17.9 Å². The quantitative estimate of drug-likeness (QED) is 0.802. The van der Waals surface area contributed by atoms with Gasteiger partial charge in [-0.25, -0.2) is 13.2 Å². The molecule has 0 amide bonds. The summed E-state index contributed by atoms with van der Waals surface area (Å²) >= 11 is 0. The van der Waals surface area contributed by atoms with Crippen molar-refractivity contribution >= 4 is 0 Å². The minimum atomic E-state index is -0.677. The van der Waals surface area contributed by atoms with Crippen LogP contribution in [0.4, 0.5) is 13.2 Å². The molecule has 2 rings (SSSR count). The monoisotopic (exact) mass is 252 g/mol. The molecule has 0 aliphatic heterocycles. The fraction of sp³-hybridized carbons (Fsp3) is 0.143. The van der Waals surface area contributed by atoms with Gasteiger partial charge in [-0.2, -0.15) is 0 Å². The van der Waals surface area contributed by atoms with Gasteiger partial charge >= 0.3 is 0 Å². The van der Waals surface area contributed by atoms with Crippen LogP contribution in [0.1, 0.15) is 11.1 Å². The lowest BCUT2D eigenvalue weighted by molar-refractivity contribution is 0.296. The Morgan fingerprint density at radius 2 is 1.61 bits per heavy atom. The van der Waals surface area contributed by atoms with Crippen LogP contribution in [0.25, 0.3) is 0 Å². The Morgan fingerprint density at radius 3 is 2.33 bits per heavy atom. The summed E-state index contributed by atoms with van der Waals surface area (Å²) in [6.07, 6.45) is 0. The number of halogens is 3. The zero-order chi connectivity index (χ0) is 13.1. The highest BCUT2D eigenvalue weighted by molar-refractivity contribution is 5.33. The van der Waals surface area contributed by atoms with Crippen LogP contribution in [-0.4, -0.2) is 0 Å². The van der Waals surface area contributed by atoms with Gasteiger partial charge in [-0.3, -0.25) is 0 Å². The van der Waals surface area contributed by atoms with Gasteiger partial charge in [0.25, 0.3) is 0 Å². The van der Waals surface area contributed by atoms with Gasteiger partial charge in [-0.1, -0.05) is 6.07 Å². The number of hydrogen-bond acceptors (Lipinski definition) is 1. The lowest BCUT2D eigenvalue weighted by Gasteiger charge is -2.09. The van der Waals surface area contributed by atoms with Crippen LogP contribution >= 0.6 is 0 Å². The van der Waals surface area contributed by atoms with E-state index in [0.29, 0.717) is 5.75 Å². The summed E-state index contributed by atoms with van der Waals surface area (Å²) in [7, 11) is 0. The third kappa shape index (κ3) is 2.83. The van der Waals surface area contributed by atoms with Crippen LogP contribution in [0.5, 0.6) is 5.75 Å². The Balaban J connectivity index is 2.13. The zero-order valence-electron chi connectivity index (χ0n) is 9.71. The molecule has 94 valence electrons. The number of rotatable bonds is 3. The summed E-state index contributed by atoms with van der Waals surface area (Å²) < 4.78 is 44.4. The highest BCUT2D eigenvalue weighted by atomic mass is 19.1. The molecule has 0 heterocycles. The van der Waals surface area contributed by atoms with Gasteiger partial charge < -0.3 is 4.74 Å². The van der Waals surface area contributed by atoms with Crippen LogP contribution < -0.4 is 4.74 Å². The van der Waals surface area contributed by atoms with Crippen LogP contribution in [0.2, 0.25) is 0 Å². The van der Waals surface area contributed by atoms with E-state index in [-0.39, 0.29) is 12.2 Å². The lowest BCUT2D eigenvalue weighted by Crippen LogP contribution is -2.00. The predicted molar refractivity (Wildman–Crippen MR) is 61.8 cm³/mol. The molecule has 0 spiro atoms. The average molecular weight is 252 g/mol. The standard InChI is InChI=1S/C14H11F3O/c1-9-2-4-12(16)7-14(9)18-8-10-3-5-11(15)6-13(10)17/h2-7H,8H2,1H3. The Kier molecular flexibility index (Phi) is 3.55. The van der Waals surface area contributed by atoms with Gasteiger partial charge in [0, 0.05) is 17.7 Å². The van der Waals surface area contributed by atoms with Crippen LogP contribution in [0.3, 0.4) is 0 Å². The summed E-state index contributed by atoms with van der Waals surface area (Å²) in [5.41, 5.74) is 0.971. The highest BCUT2D eigenvalue weighted by Gasteiger charge is 2.06. The smallest absolute Gasteiger partial charge is 0.132 e. The molecule has 0 fully saturated rings. The van der Waals surface area contributed by atoms with Gasteiger partial charge in [0.05, 0.1) is 0 Å². The maximum atomic E-state index is 13.3. The number of ether oxygens (including phenoxy) is 1. The molecule has 4 heteroatoms. The summed E-state index contributed by atoms with van der Waals surface area (Å²) in [5, 5.41) is 0. The van der Waals surface area contributed by atoms with Crippen molar-refractivity contribution in [2.24, 2.45) is 0 Å². The largest absolute Gasteiger partial charge is 0.488 e. The van der Waals surface area contributed by atoms with E-state index in [0.717, 1.165) is 17.7 Å². The lowest BCUT2D eigenvalue weighted by atomic mass is 10.2. The fourth-order valence-corrected chi connectivity index (χ4v) is 1.52. The van der Waals surface area contributed by atoms with E-state index in [4.69, 9.17) is 4.74 Å². The Bertz CT molecular complexity index is 567. The van der Waals surface area contributed by atoms with E-state index in [9.17, 15) is 13.2 Å². The molecular formula is C14H11F3O. The molecule has 0 aliphatic carbocycles. The van der Waals surface area contributed by atoms with Crippen molar-refractivity contribution in [3.63, 3.8) is 0 Å². The third-order valence-corrected chi connectivity index (χ3v) is 2.55. The molecule has 18 heavy (non-hydrogen) atoms. The summed E-state index contributed by atoms with van der Waals surface area (Å²) in [4.78, 5) is 0. The molecule has 0 atom stereocenters. The van der Waals surface area contributed by atoms with Crippen LogP contribution in [0.15, 0.2) is 36.4 Å². The highest BCUT2D eigenvalue weighted by Crippen LogP contribution is 2.20. The molecule has 2 aromatic rings. The van der Waals surface area contributed by atoms with Crippen molar-refractivity contribution in [1.29, 1.82) is 0 Å². The number of hydrogen-bond donors (Lipinski definition) is 0. The summed E-state index contributed by atoms with van der Waals surface area (Å²) in [6.45, 7) is 1.69. The maximum absolute atomic E-state index is 13.3. The number of benzene rings is 2. The van der Waals surface area contributed by atoms with Crippen molar-refractivity contribution in [1.82, 2.24) is 0 Å². The van der Waals surface area contributed by atoms with E-state index < -0.39 is 17.5 Å². The van der Waals surface area contributed by atoms with E-state index in [2.05, 4.69) is 0 Å². The topological polar surface area (TPSA) is 9.23 Å². The SMILES string of the molecule is Cc1ccc(F)cc1OCc1ccc(F)cc1F. The first kappa shape index (κ1) is 12.5. The first-order chi connectivity index (χ1) is 8.56. The summed E-state index contributed by atoms with van der Waals surface area (Å²) in [5.74, 6) is -1.39. The van der Waals surface area contributed by atoms with Gasteiger partial charge in [-0.15, -0.1) is 0 Å². The van der Waals surface area contributed by atoms with E-state index in [1.54, 1.807) is 13.0 Å². The predicted octanol–water partition coefficient (Wildman–Crippen LogP) is 3.99. The fourth-order valence-electron chi connectivity index (χ4n) is 1.52. The van der Waals surface area contributed by atoms with Crippen molar-refractivity contribution in [2.75, 3.05) is 0 Å². The number of aryl methyl sites for hydroxylation is 1. The molecule has 0 radical (unpaired) electrons. The van der Waals surface area contributed by atoms with Gasteiger partial charge in [0.2, 0.25) is 0 Å². The van der Waals surface area contributed by atoms with Crippen molar-refractivity contribution in [3.05, 3.63) is 65.0 Å². The van der Waals surface area contributed by atoms with E-state index in [1.165, 1.54) is 18.2 Å². The molecule has 0 aromatic heterocycles. The van der Waals surface area contributed by atoms with Crippen LogP contribution in [-0.2, 0) is 6.61 Å². The van der Waals surface area contributed by atoms with Crippen molar-refractivity contribution in [3.8, 4) is 5.75 Å². The third-order valence-electron chi connectivity index (χ3n) is 2.55. The second-order valence-electron chi connectivity index (χ2n) is 3.93. The molecule has 0 aliphatic rings. The molecule has 0 unspecified atom stereocenters. The summed E-state index contributed by atoms with van der Waals surface area (Å²) in [6, 6.07) is 7.37. The molecule has 2 aromatic carbocycles. The maximum Gasteiger partial charge on any atom is 0.132 e. The average Bonchev–Trinajstić information content (AvgIpc) is 2.32. The zero-order valence-corrected chi connectivity index (χ0v) is 9.71. The van der Waals surface area contributed by atoms with Gasteiger partial charge in [0.1, 0.15) is 29.8 Å². The van der Waals surface area contributed by atoms with Crippen molar-refractivity contribution in [2.45, 2.75) is 13.5 Å². The second-order valence-corrected chi connectivity index (χ2v) is 3.93. The van der Waals surface area contributed by atoms with E-state index >= 15 is 0 Å². The Labute approximate surface area is 103 Å². The molecule has 0 saturated carbocycles. The second kappa shape index (κ2) is 5.12. The normalized spacial score (nSPS) is 10.4. The molecule has 0 bridgehead atoms. The molecule has 1 nitrogen and oxygen atoms in total. The minimum Gasteiger partial charge on any atom is -0.488 e. The van der Waals surface area contributed by atoms with Gasteiger partial charge in [-0.05, 0) is 30.7 Å². The minimum absolute atomic E-state index is 0.0730. The van der Waals surface area contributed by atoms with E-state index in [1.807, 2.05) is 0 Å². The molecule has 0 N–H and O–H groups in total.